The van der Waals surface area contributed by atoms with E-state index >= 15 is 0 Å². The average molecular weight is 358 g/mol. The third-order valence-electron chi connectivity index (χ3n) is 4.97. The van der Waals surface area contributed by atoms with E-state index in [9.17, 15) is 5.26 Å². The zero-order valence-electron chi connectivity index (χ0n) is 14.1. The van der Waals surface area contributed by atoms with Crippen molar-refractivity contribution in [3.8, 4) is 6.07 Å². The molecule has 130 valence electrons. The van der Waals surface area contributed by atoms with E-state index in [1.165, 1.54) is 12.8 Å². The van der Waals surface area contributed by atoms with Gasteiger partial charge in [0.05, 0.1) is 22.3 Å². The molecular weight excluding hydrogens is 338 g/mol. The van der Waals surface area contributed by atoms with Gasteiger partial charge in [0.15, 0.2) is 0 Å². The van der Waals surface area contributed by atoms with Gasteiger partial charge in [-0.1, -0.05) is 11.6 Å². The Balaban J connectivity index is 1.58. The Morgan fingerprint density at radius 2 is 2.28 bits per heavy atom. The third kappa shape index (κ3) is 3.22. The number of rotatable bonds is 5. The molecule has 25 heavy (non-hydrogen) atoms. The predicted molar refractivity (Wildman–Crippen MR) is 94.4 cm³/mol. The highest BCUT2D eigenvalue weighted by Crippen LogP contribution is 2.35. The third-order valence-corrected chi connectivity index (χ3v) is 5.35. The Kier molecular flexibility index (Phi) is 4.36. The van der Waals surface area contributed by atoms with Crippen LogP contribution >= 0.6 is 11.6 Å². The zero-order valence-corrected chi connectivity index (χ0v) is 14.8. The van der Waals surface area contributed by atoms with E-state index in [-0.39, 0.29) is 12.1 Å². The highest BCUT2D eigenvalue weighted by molar-refractivity contribution is 6.31. The van der Waals surface area contributed by atoms with Gasteiger partial charge in [-0.25, -0.2) is 4.98 Å². The Morgan fingerprint density at radius 3 is 3.04 bits per heavy atom. The number of ether oxygens (including phenoxy) is 1. The van der Waals surface area contributed by atoms with Crippen LogP contribution < -0.4 is 5.32 Å². The highest BCUT2D eigenvalue weighted by Gasteiger charge is 2.34. The first-order chi connectivity index (χ1) is 12.2. The first-order valence-electron chi connectivity index (χ1n) is 8.62. The molecule has 3 heterocycles. The Bertz CT molecular complexity index is 823. The lowest BCUT2D eigenvalue weighted by Crippen LogP contribution is -2.26. The fourth-order valence-corrected chi connectivity index (χ4v) is 3.46. The van der Waals surface area contributed by atoms with Crippen LogP contribution in [0.5, 0.6) is 0 Å². The monoisotopic (exact) mass is 357 g/mol. The molecule has 2 aromatic heterocycles. The number of nitriles is 1. The van der Waals surface area contributed by atoms with Gasteiger partial charge in [0.1, 0.15) is 18.0 Å². The van der Waals surface area contributed by atoms with Gasteiger partial charge in [-0.15, -0.1) is 0 Å². The first-order valence-corrected chi connectivity index (χ1v) is 9.00. The summed E-state index contributed by atoms with van der Waals surface area (Å²) >= 11 is 6.09. The molecule has 0 amide bonds. The van der Waals surface area contributed by atoms with Gasteiger partial charge >= 0.3 is 0 Å². The maximum atomic E-state index is 9.46. The lowest BCUT2D eigenvalue weighted by molar-refractivity contribution is 0.0995. The summed E-state index contributed by atoms with van der Waals surface area (Å²) in [5.41, 5.74) is 2.33. The van der Waals surface area contributed by atoms with Crippen molar-refractivity contribution in [2.45, 2.75) is 44.9 Å². The lowest BCUT2D eigenvalue weighted by Gasteiger charge is -2.22. The second-order valence-electron chi connectivity index (χ2n) is 6.78. The molecule has 2 aliphatic rings. The second-order valence-corrected chi connectivity index (χ2v) is 7.19. The predicted octanol–water partition coefficient (Wildman–Crippen LogP) is 3.46. The second kappa shape index (κ2) is 6.66. The smallest absolute Gasteiger partial charge is 0.144 e. The van der Waals surface area contributed by atoms with Crippen LogP contribution in [0.3, 0.4) is 0 Å². The fourth-order valence-electron chi connectivity index (χ4n) is 3.31. The highest BCUT2D eigenvalue weighted by atomic mass is 35.5. The van der Waals surface area contributed by atoms with Crippen molar-refractivity contribution in [3.63, 3.8) is 0 Å². The van der Waals surface area contributed by atoms with Crippen LogP contribution in [0.25, 0.3) is 0 Å². The molecule has 1 saturated carbocycles. The van der Waals surface area contributed by atoms with Crippen LogP contribution in [0, 0.1) is 24.2 Å². The van der Waals surface area contributed by atoms with Gasteiger partial charge in [0.2, 0.25) is 0 Å². The van der Waals surface area contributed by atoms with E-state index in [1.54, 1.807) is 6.20 Å². The van der Waals surface area contributed by atoms with Gasteiger partial charge in [-0.2, -0.15) is 10.4 Å². The minimum absolute atomic E-state index is 0.0508. The molecule has 2 aromatic rings. The number of anilines is 1. The summed E-state index contributed by atoms with van der Waals surface area (Å²) in [7, 11) is 0. The van der Waals surface area contributed by atoms with E-state index in [2.05, 4.69) is 26.2 Å². The maximum absolute atomic E-state index is 9.46. The summed E-state index contributed by atoms with van der Waals surface area (Å²) in [5.74, 6) is 1.32. The molecule has 1 aliphatic carbocycles. The first kappa shape index (κ1) is 16.4. The van der Waals surface area contributed by atoms with E-state index < -0.39 is 0 Å². The number of pyridine rings is 1. The molecule has 2 atom stereocenters. The van der Waals surface area contributed by atoms with Crippen molar-refractivity contribution in [2.75, 3.05) is 11.9 Å². The van der Waals surface area contributed by atoms with E-state index in [0.717, 1.165) is 30.1 Å². The number of nitrogens with one attached hydrogen (secondary N) is 1. The van der Waals surface area contributed by atoms with Crippen LogP contribution in [0.4, 0.5) is 5.82 Å². The number of hydrogen-bond acceptors (Lipinski definition) is 5. The fraction of sp³-hybridized carbons (Fsp3) is 0.500. The van der Waals surface area contributed by atoms with Crippen molar-refractivity contribution in [2.24, 2.45) is 5.92 Å². The minimum atomic E-state index is -0.0921. The normalized spacial score (nSPS) is 22.8. The van der Waals surface area contributed by atoms with Crippen molar-refractivity contribution >= 4 is 17.4 Å². The minimum Gasteiger partial charge on any atom is -0.370 e. The summed E-state index contributed by atoms with van der Waals surface area (Å²) in [6.07, 6.45) is 6.75. The van der Waals surface area contributed by atoms with Crippen LogP contribution in [0.2, 0.25) is 5.02 Å². The van der Waals surface area contributed by atoms with Gasteiger partial charge in [-0.05, 0) is 43.7 Å². The molecule has 6 nitrogen and oxygen atoms in total. The van der Waals surface area contributed by atoms with Gasteiger partial charge in [-0.3, -0.25) is 4.68 Å². The van der Waals surface area contributed by atoms with Crippen LogP contribution in [-0.4, -0.2) is 27.4 Å². The van der Waals surface area contributed by atoms with Crippen LogP contribution in [0.15, 0.2) is 18.5 Å². The lowest BCUT2D eigenvalue weighted by atomic mass is 10.1. The standard InChI is InChI=1S/C18H20ClN5O/c1-11-13(8-20)18(21-9-14(11)19)23-15-5-7-25-17(15)16-4-6-22-24(16)10-12-2-3-12/h4,6,9,12,15,17H,2-3,5,7,10H2,1H3,(H,21,23)/t15-,17-/m0/s1. The van der Waals surface area contributed by atoms with Gasteiger partial charge < -0.3 is 10.1 Å². The van der Waals surface area contributed by atoms with Crippen LogP contribution in [0.1, 0.15) is 42.2 Å². The summed E-state index contributed by atoms with van der Waals surface area (Å²) in [5, 5.41) is 17.8. The summed E-state index contributed by atoms with van der Waals surface area (Å²) in [4.78, 5) is 4.33. The Hall–Kier alpha value is -2.10. The molecular formula is C18H20ClN5O. The zero-order chi connectivity index (χ0) is 17.4. The summed E-state index contributed by atoms with van der Waals surface area (Å²) in [6, 6.07) is 4.28. The van der Waals surface area contributed by atoms with Gasteiger partial charge in [0.25, 0.3) is 0 Å². The number of hydrogen-bond donors (Lipinski definition) is 1. The van der Waals surface area contributed by atoms with Crippen LogP contribution in [-0.2, 0) is 11.3 Å². The molecule has 0 bridgehead atoms. The molecule has 1 saturated heterocycles. The SMILES string of the molecule is Cc1c(Cl)cnc(N[C@H]2CCO[C@@H]2c2ccnn2CC2CC2)c1C#N. The van der Waals surface area contributed by atoms with Crippen molar-refractivity contribution in [3.05, 3.63) is 40.3 Å². The Morgan fingerprint density at radius 1 is 1.44 bits per heavy atom. The molecule has 0 unspecified atom stereocenters. The molecule has 1 N–H and O–H groups in total. The number of nitrogens with zero attached hydrogens (tertiary/aromatic N) is 4. The molecule has 0 spiro atoms. The molecule has 7 heteroatoms. The molecule has 1 aliphatic heterocycles. The van der Waals surface area contributed by atoms with Crippen molar-refractivity contribution in [1.82, 2.24) is 14.8 Å². The average Bonchev–Trinajstić information content (AvgIpc) is 3.11. The van der Waals surface area contributed by atoms with Crippen molar-refractivity contribution < 1.29 is 4.74 Å². The number of halogens is 1. The summed E-state index contributed by atoms with van der Waals surface area (Å²) in [6.45, 7) is 3.46. The molecule has 0 aromatic carbocycles. The van der Waals surface area contributed by atoms with E-state index in [0.29, 0.717) is 23.0 Å². The molecule has 4 rings (SSSR count). The molecule has 2 fully saturated rings. The quantitative estimate of drug-likeness (QED) is 0.886. The maximum Gasteiger partial charge on any atom is 0.144 e. The summed E-state index contributed by atoms with van der Waals surface area (Å²) < 4.78 is 8.06. The van der Waals surface area contributed by atoms with Crippen molar-refractivity contribution in [1.29, 1.82) is 5.26 Å². The van der Waals surface area contributed by atoms with E-state index in [1.807, 2.05) is 19.2 Å². The molecule has 0 radical (unpaired) electrons. The number of aromatic nitrogens is 3. The van der Waals surface area contributed by atoms with E-state index in [4.69, 9.17) is 16.3 Å². The Labute approximate surface area is 151 Å². The van der Waals surface area contributed by atoms with Gasteiger partial charge in [0, 0.05) is 25.5 Å². The largest absolute Gasteiger partial charge is 0.370 e. The topological polar surface area (TPSA) is 75.8 Å².